The van der Waals surface area contributed by atoms with E-state index in [2.05, 4.69) is 4.98 Å². The van der Waals surface area contributed by atoms with E-state index < -0.39 is 34.4 Å². The molecule has 1 aromatic rings. The predicted molar refractivity (Wildman–Crippen MR) is 40.2 cm³/mol. The second-order valence-electron chi connectivity index (χ2n) is 2.33. The van der Waals surface area contributed by atoms with E-state index in [-0.39, 0.29) is 0 Å². The number of hydrogen-bond acceptors (Lipinski definition) is 4. The number of nitrogens with two attached hydrogens (primary N) is 1. The van der Waals surface area contributed by atoms with Crippen LogP contribution in [0.3, 0.4) is 0 Å². The third-order valence-electron chi connectivity index (χ3n) is 1.42. The smallest absolute Gasteiger partial charge is 0.286 e. The van der Waals surface area contributed by atoms with Crippen LogP contribution in [0, 0.1) is 16.1 Å². The van der Waals surface area contributed by atoms with E-state index in [9.17, 15) is 23.3 Å². The number of halogens is 3. The molecule has 0 aliphatic rings. The van der Waals surface area contributed by atoms with E-state index in [1.54, 1.807) is 0 Å². The summed E-state index contributed by atoms with van der Waals surface area (Å²) < 4.78 is 37.1. The molecular formula is C6H4F3N3O2. The number of nitrogen functional groups attached to an aromatic ring is 1. The van der Waals surface area contributed by atoms with E-state index in [0.717, 1.165) is 0 Å². The van der Waals surface area contributed by atoms with Gasteiger partial charge in [-0.05, 0) is 0 Å². The van der Waals surface area contributed by atoms with Gasteiger partial charge in [-0.3, -0.25) is 10.1 Å². The predicted octanol–water partition coefficient (Wildman–Crippen LogP) is 1.65. The molecular weight excluding hydrogens is 203 g/mol. The van der Waals surface area contributed by atoms with Gasteiger partial charge >= 0.3 is 0 Å². The van der Waals surface area contributed by atoms with Crippen molar-refractivity contribution < 1.29 is 18.1 Å². The molecule has 0 spiro atoms. The van der Waals surface area contributed by atoms with E-state index in [0.29, 0.717) is 6.07 Å². The summed E-state index contributed by atoms with van der Waals surface area (Å²) >= 11 is 0. The molecule has 0 aromatic carbocycles. The summed E-state index contributed by atoms with van der Waals surface area (Å²) in [5.41, 5.74) is 2.56. The molecule has 14 heavy (non-hydrogen) atoms. The van der Waals surface area contributed by atoms with Crippen LogP contribution in [-0.4, -0.2) is 9.91 Å². The van der Waals surface area contributed by atoms with E-state index in [4.69, 9.17) is 5.73 Å². The van der Waals surface area contributed by atoms with Crippen molar-refractivity contribution in [2.75, 3.05) is 5.73 Å². The van der Waals surface area contributed by atoms with Gasteiger partial charge in [0.2, 0.25) is 5.95 Å². The highest BCUT2D eigenvalue weighted by atomic mass is 19.3. The number of hydrogen-bond donors (Lipinski definition) is 1. The molecule has 0 amide bonds. The molecule has 8 heteroatoms. The van der Waals surface area contributed by atoms with Crippen molar-refractivity contribution in [1.82, 2.24) is 4.98 Å². The first-order valence-electron chi connectivity index (χ1n) is 3.32. The lowest BCUT2D eigenvalue weighted by Crippen LogP contribution is -2.04. The molecule has 76 valence electrons. The van der Waals surface area contributed by atoms with Gasteiger partial charge in [-0.1, -0.05) is 0 Å². The molecule has 0 bridgehead atoms. The van der Waals surface area contributed by atoms with Gasteiger partial charge in [0, 0.05) is 0 Å². The first-order valence-corrected chi connectivity index (χ1v) is 3.32. The van der Waals surface area contributed by atoms with Crippen LogP contribution >= 0.6 is 0 Å². The fourth-order valence-electron chi connectivity index (χ4n) is 0.882. The number of nitro groups is 1. The highest BCUT2D eigenvalue weighted by molar-refractivity contribution is 5.48. The monoisotopic (exact) mass is 207 g/mol. The maximum Gasteiger partial charge on any atom is 0.286 e. The number of alkyl halides is 2. The standard InChI is InChI=1S/C6H4F3N3O2/c7-5(8)4-2(12(13)14)1-3(10)11-6(4)9/h1,5H,(H2,10,11). The van der Waals surface area contributed by atoms with Gasteiger partial charge < -0.3 is 5.73 Å². The lowest BCUT2D eigenvalue weighted by molar-refractivity contribution is -0.386. The lowest BCUT2D eigenvalue weighted by atomic mass is 10.2. The molecule has 0 saturated heterocycles. The Morgan fingerprint density at radius 1 is 1.57 bits per heavy atom. The molecule has 0 saturated carbocycles. The first-order chi connectivity index (χ1) is 6.43. The molecule has 1 rings (SSSR count). The Balaban J connectivity index is 3.44. The third-order valence-corrected chi connectivity index (χ3v) is 1.42. The maximum absolute atomic E-state index is 12.7. The summed E-state index contributed by atoms with van der Waals surface area (Å²) in [5.74, 6) is -2.13. The minimum Gasteiger partial charge on any atom is -0.383 e. The third kappa shape index (κ3) is 1.73. The minimum absolute atomic E-state index is 0.515. The molecule has 0 atom stereocenters. The van der Waals surface area contributed by atoms with Gasteiger partial charge in [-0.2, -0.15) is 4.39 Å². The fraction of sp³-hybridized carbons (Fsp3) is 0.167. The second kappa shape index (κ2) is 3.48. The van der Waals surface area contributed by atoms with Crippen molar-refractivity contribution in [1.29, 1.82) is 0 Å². The molecule has 0 unspecified atom stereocenters. The molecule has 0 aliphatic heterocycles. The summed E-state index contributed by atoms with van der Waals surface area (Å²) in [6, 6.07) is 0.588. The number of aromatic nitrogens is 1. The van der Waals surface area contributed by atoms with E-state index in [1.165, 1.54) is 0 Å². The SMILES string of the molecule is Nc1cc([N+](=O)[O-])c(C(F)F)c(F)n1. The average Bonchev–Trinajstić information content (AvgIpc) is 2.01. The Kier molecular flexibility index (Phi) is 2.54. The van der Waals surface area contributed by atoms with Crippen molar-refractivity contribution in [3.63, 3.8) is 0 Å². The van der Waals surface area contributed by atoms with Crippen LogP contribution < -0.4 is 5.73 Å². The van der Waals surface area contributed by atoms with Crippen molar-refractivity contribution in [2.24, 2.45) is 0 Å². The molecule has 1 aromatic heterocycles. The van der Waals surface area contributed by atoms with Crippen LogP contribution in [0.2, 0.25) is 0 Å². The first kappa shape index (κ1) is 10.2. The molecule has 0 radical (unpaired) electrons. The normalized spacial score (nSPS) is 10.6. The maximum atomic E-state index is 12.7. The van der Waals surface area contributed by atoms with Crippen molar-refractivity contribution in [2.45, 2.75) is 6.43 Å². The number of rotatable bonds is 2. The fourth-order valence-corrected chi connectivity index (χ4v) is 0.882. The van der Waals surface area contributed by atoms with Gasteiger partial charge in [0.15, 0.2) is 5.56 Å². The average molecular weight is 207 g/mol. The van der Waals surface area contributed by atoms with Crippen molar-refractivity contribution in [3.8, 4) is 0 Å². The summed E-state index contributed by atoms with van der Waals surface area (Å²) in [6.07, 6.45) is -3.30. The van der Waals surface area contributed by atoms with Gasteiger partial charge in [-0.25, -0.2) is 13.8 Å². The van der Waals surface area contributed by atoms with Crippen LogP contribution in [0.5, 0.6) is 0 Å². The topological polar surface area (TPSA) is 82.0 Å². The zero-order valence-electron chi connectivity index (χ0n) is 6.58. The number of anilines is 1. The summed E-state index contributed by atoms with van der Waals surface area (Å²) in [6.45, 7) is 0. The van der Waals surface area contributed by atoms with Crippen LogP contribution in [0.25, 0.3) is 0 Å². The Morgan fingerprint density at radius 2 is 2.14 bits per heavy atom. The van der Waals surface area contributed by atoms with Crippen molar-refractivity contribution in [3.05, 3.63) is 27.7 Å². The summed E-state index contributed by atoms with van der Waals surface area (Å²) in [4.78, 5) is 12.0. The number of pyridine rings is 1. The Labute approximate surface area is 75.5 Å². The molecule has 0 aliphatic carbocycles. The van der Waals surface area contributed by atoms with Gasteiger partial charge in [0.25, 0.3) is 12.1 Å². The summed E-state index contributed by atoms with van der Waals surface area (Å²) in [5, 5.41) is 10.3. The minimum atomic E-state index is -3.30. The molecule has 0 fully saturated rings. The van der Waals surface area contributed by atoms with Gasteiger partial charge in [-0.15, -0.1) is 0 Å². The lowest BCUT2D eigenvalue weighted by Gasteiger charge is -2.02. The summed E-state index contributed by atoms with van der Waals surface area (Å²) in [7, 11) is 0. The molecule has 2 N–H and O–H groups in total. The highest BCUT2D eigenvalue weighted by Gasteiger charge is 2.27. The Hall–Kier alpha value is -1.86. The molecule has 1 heterocycles. The number of nitrogens with zero attached hydrogens (tertiary/aromatic N) is 2. The molecule has 5 nitrogen and oxygen atoms in total. The van der Waals surface area contributed by atoms with Gasteiger partial charge in [0.05, 0.1) is 11.0 Å². The quantitative estimate of drug-likeness (QED) is 0.454. The van der Waals surface area contributed by atoms with Crippen LogP contribution in [0.1, 0.15) is 12.0 Å². The van der Waals surface area contributed by atoms with Crippen LogP contribution in [-0.2, 0) is 0 Å². The zero-order chi connectivity index (χ0) is 10.9. The Bertz CT molecular complexity index is 383. The van der Waals surface area contributed by atoms with Crippen LogP contribution in [0.15, 0.2) is 6.07 Å². The van der Waals surface area contributed by atoms with Crippen LogP contribution in [0.4, 0.5) is 24.7 Å². The van der Waals surface area contributed by atoms with Crippen molar-refractivity contribution >= 4 is 11.5 Å². The zero-order valence-corrected chi connectivity index (χ0v) is 6.58. The largest absolute Gasteiger partial charge is 0.383 e. The Morgan fingerprint density at radius 3 is 2.57 bits per heavy atom. The van der Waals surface area contributed by atoms with E-state index >= 15 is 0 Å². The highest BCUT2D eigenvalue weighted by Crippen LogP contribution is 2.31. The van der Waals surface area contributed by atoms with Gasteiger partial charge in [0.1, 0.15) is 5.82 Å². The van der Waals surface area contributed by atoms with E-state index in [1.807, 2.05) is 0 Å². The second-order valence-corrected chi connectivity index (χ2v) is 2.33.